The highest BCUT2D eigenvalue weighted by Gasteiger charge is 2.22. The summed E-state index contributed by atoms with van der Waals surface area (Å²) in [7, 11) is 0. The molecule has 2 rings (SSSR count). The van der Waals surface area contributed by atoms with E-state index in [0.29, 0.717) is 10.6 Å². The van der Waals surface area contributed by atoms with Gasteiger partial charge in [-0.3, -0.25) is 0 Å². The van der Waals surface area contributed by atoms with Crippen molar-refractivity contribution >= 4 is 29.2 Å². The quantitative estimate of drug-likeness (QED) is 0.830. The summed E-state index contributed by atoms with van der Waals surface area (Å²) in [5, 5.41) is -0.00746. The highest BCUT2D eigenvalue weighted by molar-refractivity contribution is 7.97. The molecule has 1 N–H and O–H groups in total. The van der Waals surface area contributed by atoms with Gasteiger partial charge in [0.15, 0.2) is 0 Å². The van der Waals surface area contributed by atoms with Crippen LogP contribution in [0.1, 0.15) is 0 Å². The molecule has 1 aromatic rings. The van der Waals surface area contributed by atoms with Gasteiger partial charge in [0.2, 0.25) is 0 Å². The van der Waals surface area contributed by atoms with Crippen LogP contribution < -0.4 is 9.62 Å². The first-order valence-electron chi connectivity index (χ1n) is 4.50. The van der Waals surface area contributed by atoms with Gasteiger partial charge in [-0.1, -0.05) is 11.6 Å². The molecule has 0 radical (unpaired) electrons. The van der Waals surface area contributed by atoms with Crippen LogP contribution in [0.3, 0.4) is 0 Å². The van der Waals surface area contributed by atoms with Crippen molar-refractivity contribution in [2.24, 2.45) is 0 Å². The van der Waals surface area contributed by atoms with Crippen LogP contribution in [0.4, 0.5) is 18.9 Å². The summed E-state index contributed by atoms with van der Waals surface area (Å²) in [6.07, 6.45) is -2.46. The summed E-state index contributed by atoms with van der Waals surface area (Å²) in [6.45, 7) is -0.176. The van der Waals surface area contributed by atoms with Crippen molar-refractivity contribution < 1.29 is 13.2 Å². The standard InChI is InChI=1S/C9H8ClF3N2S/c10-5-1-8-7(2-6(5)11)15(3-9(12)13)4-14-16-8/h1-2,9,14H,3-4H2. The van der Waals surface area contributed by atoms with Crippen LogP contribution in [0.5, 0.6) is 0 Å². The molecule has 1 heterocycles. The number of hydrogen-bond acceptors (Lipinski definition) is 3. The molecule has 0 unspecified atom stereocenters. The van der Waals surface area contributed by atoms with Gasteiger partial charge in [0.25, 0.3) is 6.43 Å². The van der Waals surface area contributed by atoms with E-state index in [9.17, 15) is 13.2 Å². The van der Waals surface area contributed by atoms with Gasteiger partial charge in [-0.2, -0.15) is 0 Å². The van der Waals surface area contributed by atoms with E-state index in [1.165, 1.54) is 29.0 Å². The molecule has 16 heavy (non-hydrogen) atoms. The van der Waals surface area contributed by atoms with Crippen molar-refractivity contribution in [1.82, 2.24) is 4.72 Å². The molecule has 0 fully saturated rings. The van der Waals surface area contributed by atoms with Gasteiger partial charge < -0.3 is 4.90 Å². The highest BCUT2D eigenvalue weighted by Crippen LogP contribution is 2.35. The smallest absolute Gasteiger partial charge is 0.255 e. The van der Waals surface area contributed by atoms with Crippen molar-refractivity contribution in [2.75, 3.05) is 18.1 Å². The topological polar surface area (TPSA) is 15.3 Å². The Bertz CT molecular complexity index is 403. The number of anilines is 1. The fraction of sp³-hybridized carbons (Fsp3) is 0.333. The van der Waals surface area contributed by atoms with Gasteiger partial charge in [0.05, 0.1) is 23.9 Å². The number of benzene rings is 1. The lowest BCUT2D eigenvalue weighted by Crippen LogP contribution is -2.38. The zero-order chi connectivity index (χ0) is 11.7. The Morgan fingerprint density at radius 2 is 2.25 bits per heavy atom. The maximum atomic E-state index is 13.2. The minimum absolute atomic E-state index is 0.00746. The summed E-state index contributed by atoms with van der Waals surface area (Å²) >= 11 is 6.87. The van der Waals surface area contributed by atoms with E-state index in [1.54, 1.807) is 0 Å². The molecule has 1 aliphatic rings. The van der Waals surface area contributed by atoms with Crippen LogP contribution in [0.25, 0.3) is 0 Å². The minimum atomic E-state index is -2.46. The van der Waals surface area contributed by atoms with E-state index in [-0.39, 0.29) is 11.7 Å². The first kappa shape index (κ1) is 11.9. The molecule has 0 spiro atoms. The first-order valence-corrected chi connectivity index (χ1v) is 5.69. The van der Waals surface area contributed by atoms with Crippen LogP contribution in [0, 0.1) is 5.82 Å². The van der Waals surface area contributed by atoms with Crippen LogP contribution in [-0.4, -0.2) is 19.6 Å². The average Bonchev–Trinajstić information content (AvgIpc) is 2.20. The second-order valence-corrected chi connectivity index (χ2v) is 4.59. The van der Waals surface area contributed by atoms with E-state index in [4.69, 9.17) is 11.6 Å². The SMILES string of the molecule is Fc1cc2c(cc1Cl)SNCN2CC(F)F. The molecular formula is C9H8ClF3N2S. The number of nitrogens with zero attached hydrogens (tertiary/aromatic N) is 1. The van der Waals surface area contributed by atoms with E-state index in [2.05, 4.69) is 4.72 Å². The molecule has 88 valence electrons. The Balaban J connectivity index is 2.34. The average molecular weight is 269 g/mol. The third kappa shape index (κ3) is 2.39. The van der Waals surface area contributed by atoms with Gasteiger partial charge in [-0.05, 0) is 24.1 Å². The number of rotatable bonds is 2. The zero-order valence-electron chi connectivity index (χ0n) is 8.01. The molecule has 1 aromatic carbocycles. The Hall–Kier alpha value is -0.590. The summed E-state index contributed by atoms with van der Waals surface area (Å²) in [4.78, 5) is 2.04. The predicted molar refractivity (Wildman–Crippen MR) is 58.6 cm³/mol. The molecule has 0 aromatic heterocycles. The molecule has 7 heteroatoms. The van der Waals surface area contributed by atoms with Crippen molar-refractivity contribution in [2.45, 2.75) is 11.3 Å². The van der Waals surface area contributed by atoms with Gasteiger partial charge in [-0.15, -0.1) is 0 Å². The van der Waals surface area contributed by atoms with Crippen molar-refractivity contribution in [3.8, 4) is 0 Å². The van der Waals surface area contributed by atoms with Crippen molar-refractivity contribution in [3.63, 3.8) is 0 Å². The predicted octanol–water partition coefficient (Wildman–Crippen LogP) is 3.12. The Kier molecular flexibility index (Phi) is 3.51. The maximum Gasteiger partial charge on any atom is 0.255 e. The monoisotopic (exact) mass is 268 g/mol. The lowest BCUT2D eigenvalue weighted by Gasteiger charge is -2.30. The minimum Gasteiger partial charge on any atom is -0.351 e. The van der Waals surface area contributed by atoms with Gasteiger partial charge in [0.1, 0.15) is 5.82 Å². The summed E-state index contributed by atoms with van der Waals surface area (Å²) in [5.41, 5.74) is 0.450. The Morgan fingerprint density at radius 1 is 1.50 bits per heavy atom. The second kappa shape index (κ2) is 4.73. The van der Waals surface area contributed by atoms with Crippen LogP contribution in [0.2, 0.25) is 5.02 Å². The van der Waals surface area contributed by atoms with Gasteiger partial charge in [0, 0.05) is 4.90 Å². The number of nitrogens with one attached hydrogen (secondary N) is 1. The molecule has 0 atom stereocenters. The number of hydrogen-bond donors (Lipinski definition) is 1. The summed E-state index contributed by atoms with van der Waals surface area (Å²) in [5.74, 6) is -0.595. The van der Waals surface area contributed by atoms with E-state index in [1.807, 2.05) is 0 Å². The number of alkyl halides is 2. The molecule has 0 saturated heterocycles. The molecule has 1 aliphatic heterocycles. The Morgan fingerprint density at radius 3 is 2.94 bits per heavy atom. The number of halogens is 4. The third-order valence-electron chi connectivity index (χ3n) is 2.14. The largest absolute Gasteiger partial charge is 0.351 e. The summed E-state index contributed by atoms with van der Waals surface area (Å²) in [6, 6.07) is 2.62. The number of fused-ring (bicyclic) bond motifs is 1. The fourth-order valence-corrected chi connectivity index (χ4v) is 2.52. The van der Waals surface area contributed by atoms with Gasteiger partial charge >= 0.3 is 0 Å². The lowest BCUT2D eigenvalue weighted by molar-refractivity contribution is 0.154. The Labute approximate surface area is 99.9 Å². The molecule has 0 amide bonds. The zero-order valence-corrected chi connectivity index (χ0v) is 9.59. The highest BCUT2D eigenvalue weighted by atomic mass is 35.5. The van der Waals surface area contributed by atoms with E-state index in [0.717, 1.165) is 0 Å². The first-order chi connectivity index (χ1) is 7.58. The molecule has 2 nitrogen and oxygen atoms in total. The maximum absolute atomic E-state index is 13.2. The van der Waals surface area contributed by atoms with Crippen LogP contribution in [0.15, 0.2) is 17.0 Å². The van der Waals surface area contributed by atoms with Crippen molar-refractivity contribution in [3.05, 3.63) is 23.0 Å². The second-order valence-electron chi connectivity index (χ2n) is 3.25. The van der Waals surface area contributed by atoms with E-state index >= 15 is 0 Å². The van der Waals surface area contributed by atoms with Crippen LogP contribution >= 0.6 is 23.5 Å². The molecule has 0 saturated carbocycles. The molecule has 0 aliphatic carbocycles. The van der Waals surface area contributed by atoms with Crippen molar-refractivity contribution in [1.29, 1.82) is 0 Å². The normalized spacial score (nSPS) is 15.4. The lowest BCUT2D eigenvalue weighted by atomic mass is 10.2. The summed E-state index contributed by atoms with van der Waals surface area (Å²) < 4.78 is 40.7. The molecule has 0 bridgehead atoms. The van der Waals surface area contributed by atoms with Gasteiger partial charge in [-0.25, -0.2) is 17.9 Å². The fourth-order valence-electron chi connectivity index (χ4n) is 1.45. The van der Waals surface area contributed by atoms with E-state index < -0.39 is 18.8 Å². The molecular weight excluding hydrogens is 261 g/mol. The third-order valence-corrected chi connectivity index (χ3v) is 3.25. The van der Waals surface area contributed by atoms with Crippen LogP contribution in [-0.2, 0) is 0 Å².